The van der Waals surface area contributed by atoms with Crippen molar-refractivity contribution in [2.24, 2.45) is 0 Å². The van der Waals surface area contributed by atoms with Crippen LogP contribution in [0.4, 0.5) is 8.78 Å². The van der Waals surface area contributed by atoms with E-state index < -0.39 is 6.61 Å². The molecule has 34 heavy (non-hydrogen) atoms. The number of hydrogen-bond acceptors (Lipinski definition) is 5. The first kappa shape index (κ1) is 25.1. The van der Waals surface area contributed by atoms with Gasteiger partial charge in [-0.25, -0.2) is 0 Å². The molecule has 2 aromatic carbocycles. The Morgan fingerprint density at radius 2 is 1.56 bits per heavy atom. The molecule has 1 aliphatic heterocycles. The number of ether oxygens (including phenoxy) is 3. The second kappa shape index (κ2) is 10.6. The summed E-state index contributed by atoms with van der Waals surface area (Å²) in [7, 11) is 1.50. The van der Waals surface area contributed by atoms with E-state index in [0.717, 1.165) is 11.1 Å². The second-order valence-electron chi connectivity index (χ2n) is 8.57. The van der Waals surface area contributed by atoms with Crippen LogP contribution in [-0.4, -0.2) is 23.9 Å². The molecule has 0 radical (unpaired) electrons. The van der Waals surface area contributed by atoms with Gasteiger partial charge in [-0.15, -0.1) is 0 Å². The Morgan fingerprint density at radius 3 is 2.09 bits per heavy atom. The van der Waals surface area contributed by atoms with Crippen molar-refractivity contribution in [3.8, 4) is 23.0 Å². The van der Waals surface area contributed by atoms with Gasteiger partial charge in [-0.2, -0.15) is 8.78 Å². The van der Waals surface area contributed by atoms with E-state index in [-0.39, 0.29) is 23.7 Å². The lowest BCUT2D eigenvalue weighted by molar-refractivity contribution is -0.0498. The maximum Gasteiger partial charge on any atom is 0.387 e. The van der Waals surface area contributed by atoms with Gasteiger partial charge in [0, 0.05) is 28.7 Å². The molecule has 0 bridgehead atoms. The van der Waals surface area contributed by atoms with Crippen molar-refractivity contribution >= 4 is 5.76 Å². The van der Waals surface area contributed by atoms with Crippen LogP contribution in [-0.2, 0) is 24.0 Å². The highest BCUT2D eigenvalue weighted by molar-refractivity contribution is 5.73. The molecule has 0 aliphatic carbocycles. The molecule has 0 atom stereocenters. The molecule has 1 heterocycles. The van der Waals surface area contributed by atoms with Crippen LogP contribution in [0, 0.1) is 0 Å². The minimum absolute atomic E-state index is 0.00727. The van der Waals surface area contributed by atoms with Gasteiger partial charge in [0.25, 0.3) is 0 Å². The predicted molar refractivity (Wildman–Crippen MR) is 127 cm³/mol. The van der Waals surface area contributed by atoms with Crippen molar-refractivity contribution < 1.29 is 33.2 Å². The third-order valence-corrected chi connectivity index (χ3v) is 5.50. The number of phenolic OH excluding ortho intramolecular Hbond substituents is 2. The normalized spacial score (nSPS) is 12.7. The van der Waals surface area contributed by atoms with Crippen molar-refractivity contribution in [1.29, 1.82) is 0 Å². The lowest BCUT2D eigenvalue weighted by Gasteiger charge is -2.27. The molecular formula is C27H30F2O5. The molecule has 0 spiro atoms. The molecule has 2 aromatic rings. The average molecular weight is 473 g/mol. The van der Waals surface area contributed by atoms with Gasteiger partial charge in [0.1, 0.15) is 28.8 Å². The Kier molecular flexibility index (Phi) is 7.87. The van der Waals surface area contributed by atoms with Crippen molar-refractivity contribution in [2.45, 2.75) is 53.6 Å². The first-order valence-electron chi connectivity index (χ1n) is 11.0. The lowest BCUT2D eigenvalue weighted by atomic mass is 9.91. The molecule has 0 saturated carbocycles. The fraction of sp³-hybridized carbons (Fsp3) is 0.333. The largest absolute Gasteiger partial charge is 0.507 e. The molecule has 3 rings (SSSR count). The number of phenols is 2. The average Bonchev–Trinajstić information content (AvgIpc) is 2.78. The maximum atomic E-state index is 12.5. The van der Waals surface area contributed by atoms with Crippen LogP contribution >= 0.6 is 0 Å². The van der Waals surface area contributed by atoms with Crippen LogP contribution < -0.4 is 9.47 Å². The van der Waals surface area contributed by atoms with Gasteiger partial charge in [0.05, 0.1) is 7.11 Å². The molecule has 182 valence electrons. The van der Waals surface area contributed by atoms with Gasteiger partial charge in [0.15, 0.2) is 5.76 Å². The number of rotatable bonds is 8. The number of halogens is 2. The summed E-state index contributed by atoms with van der Waals surface area (Å²) in [4.78, 5) is 0. The topological polar surface area (TPSA) is 68.2 Å². The summed E-state index contributed by atoms with van der Waals surface area (Å²) < 4.78 is 41.3. The minimum Gasteiger partial charge on any atom is -0.507 e. The van der Waals surface area contributed by atoms with E-state index in [9.17, 15) is 19.0 Å². The molecule has 0 saturated heterocycles. The zero-order valence-electron chi connectivity index (χ0n) is 20.0. The summed E-state index contributed by atoms with van der Waals surface area (Å²) in [5.41, 5.74) is 4.27. The monoisotopic (exact) mass is 472 g/mol. The van der Waals surface area contributed by atoms with Crippen LogP contribution in [0.15, 0.2) is 53.3 Å². The van der Waals surface area contributed by atoms with Crippen LogP contribution in [0.25, 0.3) is 5.76 Å². The molecule has 7 heteroatoms. The zero-order chi connectivity index (χ0) is 25.0. The van der Waals surface area contributed by atoms with Gasteiger partial charge in [0.2, 0.25) is 0 Å². The quantitative estimate of drug-likeness (QED) is 0.420. The molecular weight excluding hydrogens is 442 g/mol. The number of hydrogen-bond donors (Lipinski definition) is 2. The molecule has 0 unspecified atom stereocenters. The van der Waals surface area contributed by atoms with E-state index in [4.69, 9.17) is 9.47 Å². The summed E-state index contributed by atoms with van der Waals surface area (Å²) in [5, 5.41) is 22.2. The van der Waals surface area contributed by atoms with Crippen molar-refractivity contribution in [3.05, 3.63) is 75.6 Å². The van der Waals surface area contributed by atoms with Crippen LogP contribution in [0.3, 0.4) is 0 Å². The van der Waals surface area contributed by atoms with Crippen LogP contribution in [0.1, 0.15) is 49.9 Å². The Bertz CT molecular complexity index is 1140. The first-order valence-corrected chi connectivity index (χ1v) is 11.0. The molecule has 5 nitrogen and oxygen atoms in total. The highest BCUT2D eigenvalue weighted by atomic mass is 19.3. The second-order valence-corrected chi connectivity index (χ2v) is 8.57. The zero-order valence-corrected chi connectivity index (χ0v) is 20.0. The summed E-state index contributed by atoms with van der Waals surface area (Å²) in [5.74, 6) is 1.22. The number of alkyl halides is 2. The van der Waals surface area contributed by atoms with E-state index in [1.807, 2.05) is 39.8 Å². The Labute approximate surface area is 198 Å². The number of aromatic hydroxyl groups is 2. The standard InChI is InChI=1S/C27H30F2O5/c1-15(2)6-12-19-23(30)20(13-7-16(3)4)26-21(24(19)31)14-22(32-5)25(34-26)17-8-10-18(11-9-17)33-27(28)29/h6-11,27,30-31H,12-14H2,1-5H3. The SMILES string of the molecule is COC1=C(c2ccc(OC(F)F)cc2)Oc2c(CC=C(C)C)c(O)c(CC=C(C)C)c(O)c2C1. The molecule has 0 aromatic heterocycles. The van der Waals surface area contributed by atoms with E-state index in [1.165, 1.54) is 19.2 Å². The van der Waals surface area contributed by atoms with Gasteiger partial charge < -0.3 is 24.4 Å². The highest BCUT2D eigenvalue weighted by Gasteiger charge is 2.31. The van der Waals surface area contributed by atoms with Crippen LogP contribution in [0.2, 0.25) is 0 Å². The lowest BCUT2D eigenvalue weighted by Crippen LogP contribution is -2.14. The van der Waals surface area contributed by atoms with Gasteiger partial charge >= 0.3 is 6.61 Å². The number of fused-ring (bicyclic) bond motifs is 1. The summed E-state index contributed by atoms with van der Waals surface area (Å²) in [6.07, 6.45) is 4.95. The Hall–Kier alpha value is -3.48. The van der Waals surface area contributed by atoms with Gasteiger partial charge in [-0.1, -0.05) is 23.3 Å². The van der Waals surface area contributed by atoms with Crippen LogP contribution in [0.5, 0.6) is 23.0 Å². The third-order valence-electron chi connectivity index (χ3n) is 5.50. The molecule has 0 fully saturated rings. The van der Waals surface area contributed by atoms with Gasteiger partial charge in [-0.3, -0.25) is 0 Å². The summed E-state index contributed by atoms with van der Waals surface area (Å²) in [6, 6.07) is 6.02. The van der Waals surface area contributed by atoms with Gasteiger partial charge in [-0.05, 0) is 64.8 Å². The maximum absolute atomic E-state index is 12.5. The van der Waals surface area contributed by atoms with E-state index in [0.29, 0.717) is 52.4 Å². The number of methoxy groups -OCH3 is 1. The fourth-order valence-corrected chi connectivity index (χ4v) is 3.73. The van der Waals surface area contributed by atoms with Crippen molar-refractivity contribution in [3.63, 3.8) is 0 Å². The third kappa shape index (κ3) is 5.53. The van der Waals surface area contributed by atoms with Crippen molar-refractivity contribution in [1.82, 2.24) is 0 Å². The Balaban J connectivity index is 2.12. The van der Waals surface area contributed by atoms with E-state index >= 15 is 0 Å². The minimum atomic E-state index is -2.92. The fourth-order valence-electron chi connectivity index (χ4n) is 3.73. The predicted octanol–water partition coefficient (Wildman–Crippen LogP) is 6.67. The molecule has 1 aliphatic rings. The molecule has 0 amide bonds. The van der Waals surface area contributed by atoms with Crippen molar-refractivity contribution in [2.75, 3.05) is 7.11 Å². The highest BCUT2D eigenvalue weighted by Crippen LogP contribution is 2.48. The smallest absolute Gasteiger partial charge is 0.387 e. The number of benzene rings is 2. The molecule has 2 N–H and O–H groups in total. The van der Waals surface area contributed by atoms with E-state index in [1.54, 1.807) is 12.1 Å². The first-order chi connectivity index (χ1) is 16.1. The Morgan fingerprint density at radius 1 is 0.971 bits per heavy atom. The van der Waals surface area contributed by atoms with E-state index in [2.05, 4.69) is 4.74 Å². The summed E-state index contributed by atoms with van der Waals surface area (Å²) in [6.45, 7) is 4.92. The summed E-state index contributed by atoms with van der Waals surface area (Å²) >= 11 is 0. The number of allylic oxidation sites excluding steroid dienone is 5.